The molecule has 2 aliphatic carbocycles. The van der Waals surface area contributed by atoms with E-state index in [1.807, 2.05) is 6.92 Å². The Morgan fingerprint density at radius 2 is 1.89 bits per heavy atom. The van der Waals surface area contributed by atoms with E-state index in [2.05, 4.69) is 35.7 Å². The molecule has 0 aromatic carbocycles. The van der Waals surface area contributed by atoms with Crippen molar-refractivity contribution in [2.75, 3.05) is 17.2 Å². The number of aliphatic hydroxyl groups is 1. The predicted molar refractivity (Wildman–Crippen MR) is 159 cm³/mol. The van der Waals surface area contributed by atoms with Gasteiger partial charge in [-0.1, -0.05) is 0 Å². The highest BCUT2D eigenvalue weighted by atomic mass is 32.2. The third-order valence-electron chi connectivity index (χ3n) is 7.65. The highest BCUT2D eigenvalue weighted by molar-refractivity contribution is 7.90. The third kappa shape index (κ3) is 6.78. The molecule has 6 rings (SSSR count). The molecule has 0 unspecified atom stereocenters. The van der Waals surface area contributed by atoms with Gasteiger partial charge in [0.2, 0.25) is 0 Å². The fourth-order valence-corrected chi connectivity index (χ4v) is 6.55. The molecule has 3 N–H and O–H groups in total. The monoisotopic (exact) mass is 626 g/mol. The molecule has 2 fully saturated rings. The van der Waals surface area contributed by atoms with Gasteiger partial charge >= 0.3 is 0 Å². The maximum Gasteiger partial charge on any atom is 0.272 e. The molecule has 0 spiro atoms. The molecule has 0 aliphatic heterocycles. The number of nitrogens with zero attached hydrogens (tertiary/aromatic N) is 6. The zero-order chi connectivity index (χ0) is 30.9. The van der Waals surface area contributed by atoms with E-state index >= 15 is 0 Å². The van der Waals surface area contributed by atoms with Crippen molar-refractivity contribution in [2.24, 2.45) is 0 Å². The maximum atomic E-state index is 12.9. The molecule has 0 saturated heterocycles. The van der Waals surface area contributed by atoms with Gasteiger partial charge in [-0.25, -0.2) is 32.2 Å². The van der Waals surface area contributed by atoms with Crippen molar-refractivity contribution in [2.45, 2.75) is 68.8 Å². The van der Waals surface area contributed by atoms with E-state index in [9.17, 15) is 22.3 Å². The maximum absolute atomic E-state index is 12.9. The minimum Gasteiger partial charge on any atom is -0.485 e. The Hall–Kier alpha value is -4.24. The molecule has 0 amide bonds. The van der Waals surface area contributed by atoms with Crippen LogP contribution in [0, 0.1) is 0 Å². The van der Waals surface area contributed by atoms with Crippen LogP contribution in [0.1, 0.15) is 45.4 Å². The Morgan fingerprint density at radius 1 is 1.09 bits per heavy atom. The highest BCUT2D eigenvalue weighted by Crippen LogP contribution is 2.37. The minimum absolute atomic E-state index is 0.0486. The minimum atomic E-state index is -3.52. The van der Waals surface area contributed by atoms with Crippen LogP contribution in [-0.4, -0.2) is 72.6 Å². The number of alkyl halides is 2. The number of hydrogen-bond donors (Lipinski definition) is 3. The van der Waals surface area contributed by atoms with Gasteiger partial charge in [0.1, 0.15) is 29.7 Å². The zero-order valence-corrected chi connectivity index (χ0v) is 24.7. The Kier molecular flexibility index (Phi) is 8.16. The molecule has 2 aliphatic rings. The summed E-state index contributed by atoms with van der Waals surface area (Å²) < 4.78 is 57.3. The molecule has 0 bridgehead atoms. The molecule has 232 valence electrons. The van der Waals surface area contributed by atoms with E-state index < -0.39 is 33.9 Å². The summed E-state index contributed by atoms with van der Waals surface area (Å²) in [5.41, 5.74) is 1.30. The average molecular weight is 627 g/mol. The number of nitrogens with one attached hydrogen (secondary N) is 2. The van der Waals surface area contributed by atoms with Gasteiger partial charge in [-0.15, -0.1) is 0 Å². The Balaban J connectivity index is 1.28. The van der Waals surface area contributed by atoms with Gasteiger partial charge in [-0.05, 0) is 63.6 Å². The van der Waals surface area contributed by atoms with Gasteiger partial charge in [0.25, 0.3) is 16.4 Å². The van der Waals surface area contributed by atoms with E-state index in [0.717, 1.165) is 16.9 Å². The van der Waals surface area contributed by atoms with Crippen LogP contribution >= 0.6 is 0 Å². The topological polar surface area (TPSA) is 157 Å². The SMILES string of the molecule is CC1(O)CCC(Nc2cc(Nc3ccnc(-c4cnn(S(=O)(=O)C5CC5)c4)n3)ncc2-c2ncccc2OCC(F)F)CC1. The van der Waals surface area contributed by atoms with Crippen LogP contribution in [0.3, 0.4) is 0 Å². The number of ether oxygens (including phenoxy) is 1. The summed E-state index contributed by atoms with van der Waals surface area (Å²) in [6.45, 7) is 1.06. The number of rotatable bonds is 11. The van der Waals surface area contributed by atoms with Gasteiger partial charge in [0.15, 0.2) is 5.82 Å². The lowest BCUT2D eigenvalue weighted by Crippen LogP contribution is -2.35. The first-order chi connectivity index (χ1) is 21.1. The first-order valence-corrected chi connectivity index (χ1v) is 15.8. The fraction of sp³-hybridized carbons (Fsp3) is 0.414. The number of pyridine rings is 2. The van der Waals surface area contributed by atoms with Crippen molar-refractivity contribution in [1.82, 2.24) is 29.1 Å². The Bertz CT molecular complexity index is 1740. The lowest BCUT2D eigenvalue weighted by atomic mass is 9.83. The summed E-state index contributed by atoms with van der Waals surface area (Å²) in [6.07, 6.45) is 8.82. The summed E-state index contributed by atoms with van der Waals surface area (Å²) >= 11 is 0. The van der Waals surface area contributed by atoms with Crippen molar-refractivity contribution in [3.63, 3.8) is 0 Å². The fourth-order valence-electron chi connectivity index (χ4n) is 5.07. The van der Waals surface area contributed by atoms with Crippen LogP contribution < -0.4 is 15.4 Å². The van der Waals surface area contributed by atoms with E-state index in [-0.39, 0.29) is 17.6 Å². The zero-order valence-electron chi connectivity index (χ0n) is 23.9. The van der Waals surface area contributed by atoms with E-state index in [4.69, 9.17) is 4.74 Å². The van der Waals surface area contributed by atoms with Crippen LogP contribution in [0.5, 0.6) is 5.75 Å². The lowest BCUT2D eigenvalue weighted by molar-refractivity contribution is 0.0196. The summed E-state index contributed by atoms with van der Waals surface area (Å²) in [5, 5.41) is 20.7. The second-order valence-electron chi connectivity index (χ2n) is 11.3. The molecule has 0 radical (unpaired) electrons. The summed E-state index contributed by atoms with van der Waals surface area (Å²) in [4.78, 5) is 17.8. The van der Waals surface area contributed by atoms with E-state index in [1.165, 1.54) is 12.4 Å². The molecule has 2 saturated carbocycles. The molecule has 4 heterocycles. The van der Waals surface area contributed by atoms with Crippen LogP contribution in [0.25, 0.3) is 22.6 Å². The largest absolute Gasteiger partial charge is 0.485 e. The average Bonchev–Trinajstić information content (AvgIpc) is 3.75. The number of aromatic nitrogens is 6. The Labute approximate surface area is 253 Å². The summed E-state index contributed by atoms with van der Waals surface area (Å²) in [7, 11) is -3.52. The molecule has 12 nitrogen and oxygen atoms in total. The van der Waals surface area contributed by atoms with Crippen molar-refractivity contribution >= 4 is 27.3 Å². The Morgan fingerprint density at radius 3 is 2.64 bits per heavy atom. The normalized spacial score (nSPS) is 20.4. The second kappa shape index (κ2) is 12.0. The van der Waals surface area contributed by atoms with Crippen molar-refractivity contribution in [1.29, 1.82) is 0 Å². The van der Waals surface area contributed by atoms with Crippen LogP contribution in [0.15, 0.2) is 55.2 Å². The smallest absolute Gasteiger partial charge is 0.272 e. The summed E-state index contributed by atoms with van der Waals surface area (Å²) in [6, 6.07) is 6.67. The van der Waals surface area contributed by atoms with Crippen LogP contribution in [0.2, 0.25) is 0 Å². The van der Waals surface area contributed by atoms with Gasteiger partial charge in [0, 0.05) is 41.9 Å². The first-order valence-electron chi connectivity index (χ1n) is 14.3. The van der Waals surface area contributed by atoms with Crippen molar-refractivity contribution < 1.29 is 27.0 Å². The van der Waals surface area contributed by atoms with Gasteiger partial charge < -0.3 is 20.5 Å². The molecule has 44 heavy (non-hydrogen) atoms. The third-order valence-corrected chi connectivity index (χ3v) is 9.69. The van der Waals surface area contributed by atoms with E-state index in [1.54, 1.807) is 42.9 Å². The lowest BCUT2D eigenvalue weighted by Gasteiger charge is -2.34. The van der Waals surface area contributed by atoms with Crippen LogP contribution in [-0.2, 0) is 10.0 Å². The molecular formula is C29H32F2N8O4S. The molecular weight excluding hydrogens is 594 g/mol. The summed E-state index contributed by atoms with van der Waals surface area (Å²) in [5.74, 6) is 1.33. The standard InChI is InChI=1S/C29H32F2N8O4S/c1-29(40)9-6-19(7-10-29)36-22-13-26(34-15-21(22)27-23(3-2-11-32-27)43-17-24(30)31)37-25-8-12-33-28(38-25)18-14-35-39(16-18)44(41,42)20-4-5-20/h2-3,8,11-16,19-20,24,40H,4-7,9-10,17H2,1H3,(H2,33,34,36,37,38). The quantitative estimate of drug-likeness (QED) is 0.213. The predicted octanol–water partition coefficient (Wildman–Crippen LogP) is 4.63. The molecule has 4 aromatic heterocycles. The number of hydrogen-bond acceptors (Lipinski definition) is 11. The van der Waals surface area contributed by atoms with Crippen LogP contribution in [0.4, 0.5) is 26.1 Å². The first kappa shape index (κ1) is 29.8. The highest BCUT2D eigenvalue weighted by Gasteiger charge is 2.37. The van der Waals surface area contributed by atoms with Crippen molar-refractivity contribution in [3.05, 3.63) is 55.2 Å². The van der Waals surface area contributed by atoms with Crippen molar-refractivity contribution in [3.8, 4) is 28.4 Å². The number of anilines is 3. The second-order valence-corrected chi connectivity index (χ2v) is 13.4. The van der Waals surface area contributed by atoms with Gasteiger partial charge in [-0.3, -0.25) is 4.98 Å². The number of halogens is 2. The molecule has 4 aromatic rings. The van der Waals surface area contributed by atoms with Gasteiger partial charge in [0.05, 0.1) is 28.8 Å². The molecule has 0 atom stereocenters. The van der Waals surface area contributed by atoms with E-state index in [0.29, 0.717) is 59.8 Å². The van der Waals surface area contributed by atoms with Gasteiger partial charge in [-0.2, -0.15) is 9.19 Å². The molecule has 15 heteroatoms.